The first-order valence-electron chi connectivity index (χ1n) is 0.901. The Morgan fingerprint density at radius 2 is 1.25 bits per heavy atom. The van der Waals surface area contributed by atoms with Crippen LogP contribution >= 0.6 is 0 Å². The summed E-state index contributed by atoms with van der Waals surface area (Å²) in [5, 5.41) is 16.7. The van der Waals surface area contributed by atoms with E-state index in [1.807, 2.05) is 0 Å². The second kappa shape index (κ2) is 24.9. The van der Waals surface area contributed by atoms with Crippen LogP contribution in [0.3, 0.4) is 0 Å². The van der Waals surface area contributed by atoms with Crippen molar-refractivity contribution in [2.75, 3.05) is 0 Å². The van der Waals surface area contributed by atoms with Crippen LogP contribution in [0.4, 0.5) is 4.79 Å². The van der Waals surface area contributed by atoms with Crippen LogP contribution in [-0.4, -0.2) is 65.6 Å². The Labute approximate surface area is 83.6 Å². The molecule has 0 aliphatic heterocycles. The molecule has 0 fully saturated rings. The van der Waals surface area contributed by atoms with Gasteiger partial charge in [0.2, 0.25) is 0 Å². The first-order chi connectivity index (χ1) is 2.73. The van der Waals surface area contributed by atoms with E-state index in [1.165, 1.54) is 0 Å². The molecule has 7 heteroatoms. The molecule has 0 rings (SSSR count). The molecule has 0 radical (unpaired) electrons. The van der Waals surface area contributed by atoms with Gasteiger partial charge in [-0.25, -0.2) is 0 Å². The van der Waals surface area contributed by atoms with Gasteiger partial charge in [-0.3, -0.25) is 0 Å². The Kier molecular flexibility index (Phi) is 72.3. The number of carbonyl (C=O) groups is 1. The predicted octanol–water partition coefficient (Wildman–Crippen LogP) is -4.42. The van der Waals surface area contributed by atoms with E-state index in [4.69, 9.17) is 18.8 Å². The third-order valence-electron chi connectivity index (χ3n) is 0. The molecule has 0 aromatic heterocycles. The molecule has 0 bridgehead atoms. The van der Waals surface area contributed by atoms with Crippen LogP contribution < -0.4 is 10.2 Å². The van der Waals surface area contributed by atoms with Gasteiger partial charge in [-0.05, 0) is 6.16 Å². The minimum absolute atomic E-state index is 0. The topological polar surface area (TPSA) is 112 Å². The Bertz CT molecular complexity index is 43.7. The van der Waals surface area contributed by atoms with Crippen molar-refractivity contribution in [1.29, 1.82) is 0 Å². The van der Waals surface area contributed by atoms with Crippen LogP contribution in [0.2, 0.25) is 0 Å². The van der Waals surface area contributed by atoms with E-state index in [9.17, 15) is 0 Å². The number of carboxylic acid groups (broad SMARTS) is 2. The summed E-state index contributed by atoms with van der Waals surface area (Å²) in [5.41, 5.74) is 0. The van der Waals surface area contributed by atoms with Gasteiger partial charge < -0.3 is 20.5 Å². The number of carbonyl (C=O) groups excluding carboxylic acids is 1. The fourth-order valence-electron chi connectivity index (χ4n) is 0. The summed E-state index contributed by atoms with van der Waals surface area (Å²) >= 11 is 0.611. The van der Waals surface area contributed by atoms with Gasteiger partial charge in [-0.2, -0.15) is 0 Å². The molecule has 0 unspecified atom stereocenters. The van der Waals surface area contributed by atoms with Crippen molar-refractivity contribution in [1.82, 2.24) is 0 Å². The average Bonchev–Trinajstić information content (AvgIpc) is 1.41. The van der Waals surface area contributed by atoms with Crippen LogP contribution in [0.25, 0.3) is 0 Å². The second-order valence-electron chi connectivity index (χ2n) is 0.250. The average molecular weight is 162 g/mol. The number of rotatable bonds is 0. The molecule has 0 spiro atoms. The third-order valence-corrected chi connectivity index (χ3v) is 0. The summed E-state index contributed by atoms with van der Waals surface area (Å²) in [6.07, 6.45) is -2.33. The molecule has 8 heavy (non-hydrogen) atoms. The quantitative estimate of drug-likeness (QED) is 0.334. The zero-order chi connectivity index (χ0) is 5.58. The monoisotopic (exact) mass is 162 g/mol. The van der Waals surface area contributed by atoms with Gasteiger partial charge in [0.25, 0.3) is 0 Å². The van der Waals surface area contributed by atoms with E-state index in [0.717, 1.165) is 0 Å². The first kappa shape index (κ1) is 23.2. The van der Waals surface area contributed by atoms with Crippen molar-refractivity contribution < 1.29 is 24.3 Å². The molecule has 0 aliphatic rings. The molecule has 0 heterocycles. The molecule has 0 amide bonds. The molecule has 42 valence electrons. The number of hydrogen-bond acceptors (Lipinski definition) is 4. The van der Waals surface area contributed by atoms with E-state index in [1.54, 1.807) is 0 Å². The van der Waals surface area contributed by atoms with Crippen molar-refractivity contribution in [3.63, 3.8) is 0 Å². The summed E-state index contributed by atoms with van der Waals surface area (Å²) in [7, 11) is 0. The maximum absolute atomic E-state index is 8.33. The van der Waals surface area contributed by atoms with Crippen molar-refractivity contribution in [3.8, 4) is 0 Å². The fourth-order valence-corrected chi connectivity index (χ4v) is 0. The summed E-state index contributed by atoms with van der Waals surface area (Å²) in [4.78, 5) is 8.33. The Hall–Kier alpha value is 0.822. The molecule has 0 aromatic rings. The Balaban J connectivity index is -0.0000000183. The van der Waals surface area contributed by atoms with Gasteiger partial charge in [0.1, 0.15) is 0 Å². The maximum atomic E-state index is 8.33. The summed E-state index contributed by atoms with van der Waals surface area (Å²) in [6, 6.07) is 0. The molecule has 0 saturated carbocycles. The second-order valence-corrected chi connectivity index (χ2v) is 0.250. The van der Waals surface area contributed by atoms with Gasteiger partial charge in [0.15, 0.2) is 0 Å². The van der Waals surface area contributed by atoms with E-state index >= 15 is 0 Å². The zero-order valence-corrected chi connectivity index (χ0v) is 7.67. The van der Waals surface area contributed by atoms with Gasteiger partial charge in [-0.1, -0.05) is 0 Å². The minimum atomic E-state index is -2.33. The number of hydrogen-bond donors (Lipinski definition) is 0. The Morgan fingerprint density at radius 1 is 1.25 bits per heavy atom. The van der Waals surface area contributed by atoms with Crippen molar-refractivity contribution >= 4 is 60.1 Å². The summed E-state index contributed by atoms with van der Waals surface area (Å²) in [6.45, 7) is 0. The zero-order valence-electron chi connectivity index (χ0n) is 4.05. The standard InChI is InChI=1S/CH2O3.Al.Ca.H2O.O.H/c2-1(3)4;;;;;/h(H2,2,3,4);;;1H2;;/q;;+2;;;/p-2. The van der Waals surface area contributed by atoms with Gasteiger partial charge in [-0.15, -0.1) is 0 Å². The van der Waals surface area contributed by atoms with Crippen molar-refractivity contribution in [2.24, 2.45) is 0 Å². The normalized spacial score (nSPS) is 3.38. The van der Waals surface area contributed by atoms with Crippen LogP contribution in [0.15, 0.2) is 0 Å². The van der Waals surface area contributed by atoms with Gasteiger partial charge in [0, 0.05) is 0 Å². The van der Waals surface area contributed by atoms with E-state index in [-0.39, 0.29) is 43.2 Å². The van der Waals surface area contributed by atoms with Gasteiger partial charge >= 0.3 is 57.8 Å². The predicted molar refractivity (Wildman–Crippen MR) is 22.6 cm³/mol. The summed E-state index contributed by atoms with van der Waals surface area (Å²) in [5.74, 6) is 0. The van der Waals surface area contributed by atoms with Crippen LogP contribution in [0, 0.1) is 0 Å². The van der Waals surface area contributed by atoms with Crippen molar-refractivity contribution in [2.45, 2.75) is 0 Å². The molecular weight excluding hydrogens is 159 g/mol. The van der Waals surface area contributed by atoms with Crippen LogP contribution in [0.1, 0.15) is 0 Å². The van der Waals surface area contributed by atoms with E-state index in [0.29, 0.717) is 16.2 Å². The van der Waals surface area contributed by atoms with Crippen LogP contribution in [-0.2, 0) is 3.80 Å². The molecule has 0 saturated heterocycles. The van der Waals surface area contributed by atoms with E-state index < -0.39 is 6.16 Å². The molecule has 2 N–H and O–H groups in total. The molecule has 0 aliphatic carbocycles. The van der Waals surface area contributed by atoms with E-state index in [2.05, 4.69) is 0 Å². The van der Waals surface area contributed by atoms with Crippen LogP contribution in [0.5, 0.6) is 0 Å². The molecular formula is CH3AlCaO5. The van der Waals surface area contributed by atoms with Gasteiger partial charge in [0.05, 0.1) is 0 Å². The molecule has 0 aromatic carbocycles. The third kappa shape index (κ3) is 342. The SMILES string of the molecule is O.O=C([O-])[O-].[Ca+2].[O]=[AlH]. The Morgan fingerprint density at radius 3 is 1.25 bits per heavy atom. The molecule has 5 nitrogen and oxygen atoms in total. The molecule has 0 atom stereocenters. The first-order valence-corrected chi connectivity index (χ1v) is 1.48. The fraction of sp³-hybridized carbons (Fsp3) is 0. The van der Waals surface area contributed by atoms with Crippen molar-refractivity contribution in [3.05, 3.63) is 0 Å². The summed E-state index contributed by atoms with van der Waals surface area (Å²) < 4.78 is 8.28.